The van der Waals surface area contributed by atoms with E-state index in [1.54, 1.807) is 19.9 Å². The maximum absolute atomic E-state index is 13.7. The Hall–Kier alpha value is -2.11. The third kappa shape index (κ3) is 6.98. The average molecular weight is 337 g/mol. The fourth-order valence-corrected chi connectivity index (χ4v) is 2.13. The van der Waals surface area contributed by atoms with Crippen molar-refractivity contribution in [3.63, 3.8) is 0 Å². The molecule has 1 aromatic rings. The molecular formula is C18H28FN3O2. The van der Waals surface area contributed by atoms with Gasteiger partial charge in [0.15, 0.2) is 5.96 Å². The lowest BCUT2D eigenvalue weighted by molar-refractivity contribution is -0.143. The molecule has 0 radical (unpaired) electrons. The molecule has 0 spiro atoms. The third-order valence-corrected chi connectivity index (χ3v) is 3.51. The standard InChI is InChI=1S/C18H28FN3O2/c1-5-20-18(21-11-7-8-17(23)24-6-2)22-14(4)15-10-9-13(3)16(19)12-15/h9-10,12,14H,5-8,11H2,1-4H3,(H2,20,21,22). The summed E-state index contributed by atoms with van der Waals surface area (Å²) >= 11 is 0. The van der Waals surface area contributed by atoms with Crippen LogP contribution in [0.15, 0.2) is 23.2 Å². The molecule has 0 aliphatic heterocycles. The number of nitrogens with zero attached hydrogens (tertiary/aromatic N) is 1. The first kappa shape index (κ1) is 19.9. The number of benzene rings is 1. The zero-order chi connectivity index (χ0) is 17.9. The summed E-state index contributed by atoms with van der Waals surface area (Å²) in [4.78, 5) is 15.7. The van der Waals surface area contributed by atoms with Gasteiger partial charge in [-0.15, -0.1) is 0 Å². The lowest BCUT2D eigenvalue weighted by Gasteiger charge is -2.18. The van der Waals surface area contributed by atoms with Gasteiger partial charge in [-0.25, -0.2) is 4.39 Å². The lowest BCUT2D eigenvalue weighted by Crippen LogP contribution is -2.38. The van der Waals surface area contributed by atoms with E-state index in [4.69, 9.17) is 4.74 Å². The molecule has 1 atom stereocenters. The van der Waals surface area contributed by atoms with Gasteiger partial charge in [0.2, 0.25) is 0 Å². The van der Waals surface area contributed by atoms with Crippen LogP contribution >= 0.6 is 0 Å². The molecule has 0 saturated carbocycles. The van der Waals surface area contributed by atoms with Crippen molar-refractivity contribution >= 4 is 11.9 Å². The Kier molecular flexibility index (Phi) is 8.83. The van der Waals surface area contributed by atoms with Gasteiger partial charge in [-0.3, -0.25) is 9.79 Å². The Morgan fingerprint density at radius 3 is 2.75 bits per heavy atom. The molecule has 0 saturated heterocycles. The summed E-state index contributed by atoms with van der Waals surface area (Å²) in [6.45, 7) is 9.10. The number of ether oxygens (including phenoxy) is 1. The number of guanidine groups is 1. The first-order valence-electron chi connectivity index (χ1n) is 8.44. The highest BCUT2D eigenvalue weighted by Crippen LogP contribution is 2.16. The van der Waals surface area contributed by atoms with E-state index >= 15 is 0 Å². The van der Waals surface area contributed by atoms with Gasteiger partial charge in [0.05, 0.1) is 12.6 Å². The van der Waals surface area contributed by atoms with E-state index < -0.39 is 0 Å². The smallest absolute Gasteiger partial charge is 0.305 e. The number of aliphatic imine (C=N–C) groups is 1. The number of hydrogen-bond acceptors (Lipinski definition) is 3. The van der Waals surface area contributed by atoms with E-state index in [0.29, 0.717) is 37.5 Å². The minimum atomic E-state index is -0.211. The fraction of sp³-hybridized carbons (Fsp3) is 0.556. The number of esters is 1. The Balaban J connectivity index is 2.58. The SMILES string of the molecule is CCNC(=NCCCC(=O)OCC)NC(C)c1ccc(C)c(F)c1. The van der Waals surface area contributed by atoms with Crippen LogP contribution in [0.4, 0.5) is 4.39 Å². The molecule has 0 aliphatic rings. The van der Waals surface area contributed by atoms with Gasteiger partial charge in [0.25, 0.3) is 0 Å². The summed E-state index contributed by atoms with van der Waals surface area (Å²) in [7, 11) is 0. The lowest BCUT2D eigenvalue weighted by atomic mass is 10.1. The topological polar surface area (TPSA) is 62.7 Å². The number of rotatable bonds is 8. The van der Waals surface area contributed by atoms with Crippen molar-refractivity contribution in [1.82, 2.24) is 10.6 Å². The van der Waals surface area contributed by atoms with Crippen LogP contribution < -0.4 is 10.6 Å². The highest BCUT2D eigenvalue weighted by atomic mass is 19.1. The summed E-state index contributed by atoms with van der Waals surface area (Å²) in [6, 6.07) is 5.13. The van der Waals surface area contributed by atoms with Crippen molar-refractivity contribution in [1.29, 1.82) is 0 Å². The van der Waals surface area contributed by atoms with E-state index in [-0.39, 0.29) is 17.8 Å². The summed E-state index contributed by atoms with van der Waals surface area (Å²) in [5.41, 5.74) is 1.49. The van der Waals surface area contributed by atoms with Gasteiger partial charge >= 0.3 is 5.97 Å². The van der Waals surface area contributed by atoms with E-state index in [0.717, 1.165) is 12.1 Å². The highest BCUT2D eigenvalue weighted by molar-refractivity contribution is 5.80. The molecule has 134 valence electrons. The predicted octanol–water partition coefficient (Wildman–Crippen LogP) is 3.09. The first-order chi connectivity index (χ1) is 11.5. The second-order valence-corrected chi connectivity index (χ2v) is 5.54. The Morgan fingerprint density at radius 1 is 1.38 bits per heavy atom. The molecule has 2 N–H and O–H groups in total. The molecule has 24 heavy (non-hydrogen) atoms. The molecule has 1 aromatic carbocycles. The van der Waals surface area contributed by atoms with Gasteiger partial charge in [-0.05, 0) is 51.3 Å². The second-order valence-electron chi connectivity index (χ2n) is 5.54. The van der Waals surface area contributed by atoms with Crippen LogP contribution in [0, 0.1) is 12.7 Å². The van der Waals surface area contributed by atoms with Crippen LogP contribution in [0.1, 0.15) is 50.8 Å². The number of carbonyl (C=O) groups excluding carboxylic acids is 1. The largest absolute Gasteiger partial charge is 0.466 e. The van der Waals surface area contributed by atoms with Crippen molar-refractivity contribution in [2.24, 2.45) is 4.99 Å². The molecule has 0 heterocycles. The normalized spacial score (nSPS) is 12.6. The van der Waals surface area contributed by atoms with Gasteiger partial charge in [-0.2, -0.15) is 0 Å². The number of aryl methyl sites for hydroxylation is 1. The van der Waals surface area contributed by atoms with Gasteiger partial charge < -0.3 is 15.4 Å². The summed E-state index contributed by atoms with van der Waals surface area (Å²) in [6.07, 6.45) is 0.985. The molecule has 1 unspecified atom stereocenters. The van der Waals surface area contributed by atoms with E-state index in [9.17, 15) is 9.18 Å². The van der Waals surface area contributed by atoms with Gasteiger partial charge in [0.1, 0.15) is 5.82 Å². The second kappa shape index (κ2) is 10.6. The minimum Gasteiger partial charge on any atom is -0.466 e. The quantitative estimate of drug-likeness (QED) is 0.331. The maximum atomic E-state index is 13.7. The van der Waals surface area contributed by atoms with Crippen LogP contribution in [0.3, 0.4) is 0 Å². The Bertz CT molecular complexity index is 561. The first-order valence-corrected chi connectivity index (χ1v) is 8.44. The van der Waals surface area contributed by atoms with Crippen LogP contribution in [0.2, 0.25) is 0 Å². The highest BCUT2D eigenvalue weighted by Gasteiger charge is 2.10. The third-order valence-electron chi connectivity index (χ3n) is 3.51. The molecule has 1 rings (SSSR count). The van der Waals surface area contributed by atoms with E-state index in [2.05, 4.69) is 15.6 Å². The molecular weight excluding hydrogens is 309 g/mol. The molecule has 5 nitrogen and oxygen atoms in total. The number of hydrogen-bond donors (Lipinski definition) is 2. The summed E-state index contributed by atoms with van der Waals surface area (Å²) in [5, 5.41) is 6.40. The monoisotopic (exact) mass is 337 g/mol. The Morgan fingerprint density at radius 2 is 2.12 bits per heavy atom. The molecule has 0 aliphatic carbocycles. The zero-order valence-electron chi connectivity index (χ0n) is 15.0. The van der Waals surface area contributed by atoms with Gasteiger partial charge in [0, 0.05) is 19.5 Å². The van der Waals surface area contributed by atoms with Gasteiger partial charge in [-0.1, -0.05) is 12.1 Å². The van der Waals surface area contributed by atoms with E-state index in [1.807, 2.05) is 19.9 Å². The van der Waals surface area contributed by atoms with E-state index in [1.165, 1.54) is 6.07 Å². The zero-order valence-corrected chi connectivity index (χ0v) is 15.0. The van der Waals surface area contributed by atoms with Crippen LogP contribution in [0.5, 0.6) is 0 Å². The van der Waals surface area contributed by atoms with Crippen molar-refractivity contribution in [3.05, 3.63) is 35.1 Å². The van der Waals surface area contributed by atoms with Crippen LogP contribution in [-0.2, 0) is 9.53 Å². The number of carbonyl (C=O) groups is 1. The molecule has 6 heteroatoms. The van der Waals surface area contributed by atoms with Crippen LogP contribution in [-0.4, -0.2) is 31.6 Å². The molecule has 0 amide bonds. The maximum Gasteiger partial charge on any atom is 0.305 e. The molecule has 0 bridgehead atoms. The number of halogens is 1. The molecule has 0 fully saturated rings. The van der Waals surface area contributed by atoms with Crippen molar-refractivity contribution in [3.8, 4) is 0 Å². The number of nitrogens with one attached hydrogen (secondary N) is 2. The Labute approximate surface area is 143 Å². The van der Waals surface area contributed by atoms with Crippen LogP contribution in [0.25, 0.3) is 0 Å². The summed E-state index contributed by atoms with van der Waals surface area (Å²) in [5.74, 6) is 0.238. The predicted molar refractivity (Wildman–Crippen MR) is 94.5 cm³/mol. The molecule has 0 aromatic heterocycles. The average Bonchev–Trinajstić information content (AvgIpc) is 2.54. The summed E-state index contributed by atoms with van der Waals surface area (Å²) < 4.78 is 18.6. The van der Waals surface area contributed by atoms with Crippen molar-refractivity contribution < 1.29 is 13.9 Å². The van der Waals surface area contributed by atoms with Crippen molar-refractivity contribution in [2.75, 3.05) is 19.7 Å². The minimum absolute atomic E-state index is 0.0806. The fourth-order valence-electron chi connectivity index (χ4n) is 2.13. The van der Waals surface area contributed by atoms with Crippen molar-refractivity contribution in [2.45, 2.75) is 46.6 Å².